The minimum atomic E-state index is -0.726. The third-order valence-electron chi connectivity index (χ3n) is 3.60. The standard InChI is InChI=1S/C16H22F2N2O2/c1-11-9-20(10-12(2)19-11)16(21)4-3-7-22-15-6-5-13(17)8-14(15)18/h5-6,8,11-12,19H,3-4,7,9-10H2,1-2H3/t11-,12-/m0/s1. The number of ether oxygens (including phenoxy) is 1. The molecule has 2 rings (SSSR count). The number of amides is 1. The Balaban J connectivity index is 1.73. The minimum Gasteiger partial charge on any atom is -0.491 e. The van der Waals surface area contributed by atoms with Gasteiger partial charge in [0, 0.05) is 37.7 Å². The largest absolute Gasteiger partial charge is 0.491 e. The molecule has 1 fully saturated rings. The molecule has 2 atom stereocenters. The van der Waals surface area contributed by atoms with Crippen molar-refractivity contribution < 1.29 is 18.3 Å². The molecule has 1 aromatic rings. The van der Waals surface area contributed by atoms with Crippen molar-refractivity contribution in [2.75, 3.05) is 19.7 Å². The summed E-state index contributed by atoms with van der Waals surface area (Å²) in [6, 6.07) is 3.76. The van der Waals surface area contributed by atoms with Gasteiger partial charge < -0.3 is 15.0 Å². The van der Waals surface area contributed by atoms with E-state index < -0.39 is 11.6 Å². The monoisotopic (exact) mass is 312 g/mol. The number of hydrogen-bond acceptors (Lipinski definition) is 3. The van der Waals surface area contributed by atoms with E-state index in [0.29, 0.717) is 25.9 Å². The fourth-order valence-electron chi connectivity index (χ4n) is 2.69. The summed E-state index contributed by atoms with van der Waals surface area (Å²) in [5, 5.41) is 3.37. The summed E-state index contributed by atoms with van der Waals surface area (Å²) in [6.07, 6.45) is 0.866. The summed E-state index contributed by atoms with van der Waals surface area (Å²) < 4.78 is 31.4. The molecule has 6 heteroatoms. The molecular formula is C16H22F2N2O2. The molecule has 1 aliphatic heterocycles. The second-order valence-electron chi connectivity index (χ2n) is 5.79. The molecule has 22 heavy (non-hydrogen) atoms. The highest BCUT2D eigenvalue weighted by Crippen LogP contribution is 2.18. The number of nitrogens with one attached hydrogen (secondary N) is 1. The summed E-state index contributed by atoms with van der Waals surface area (Å²) in [6.45, 7) is 5.74. The van der Waals surface area contributed by atoms with Crippen LogP contribution in [0.4, 0.5) is 8.78 Å². The van der Waals surface area contributed by atoms with Crippen molar-refractivity contribution in [3.63, 3.8) is 0 Å². The van der Waals surface area contributed by atoms with Crippen molar-refractivity contribution in [2.24, 2.45) is 0 Å². The second kappa shape index (κ2) is 7.54. The first-order valence-corrected chi connectivity index (χ1v) is 7.57. The second-order valence-corrected chi connectivity index (χ2v) is 5.79. The Kier molecular flexibility index (Phi) is 5.71. The molecule has 0 aromatic heterocycles. The average molecular weight is 312 g/mol. The molecule has 0 unspecified atom stereocenters. The van der Waals surface area contributed by atoms with Crippen LogP contribution in [0.1, 0.15) is 26.7 Å². The van der Waals surface area contributed by atoms with Gasteiger partial charge in [0.15, 0.2) is 11.6 Å². The lowest BCUT2D eigenvalue weighted by Crippen LogP contribution is -2.55. The Bertz CT molecular complexity index is 515. The van der Waals surface area contributed by atoms with Crippen molar-refractivity contribution in [1.82, 2.24) is 10.2 Å². The zero-order chi connectivity index (χ0) is 16.1. The number of hydrogen-bond donors (Lipinski definition) is 1. The van der Waals surface area contributed by atoms with Crippen LogP contribution in [0.3, 0.4) is 0 Å². The molecule has 0 radical (unpaired) electrons. The van der Waals surface area contributed by atoms with E-state index in [4.69, 9.17) is 4.74 Å². The van der Waals surface area contributed by atoms with Gasteiger partial charge in [-0.15, -0.1) is 0 Å². The highest BCUT2D eigenvalue weighted by Gasteiger charge is 2.24. The fourth-order valence-corrected chi connectivity index (χ4v) is 2.69. The van der Waals surface area contributed by atoms with Crippen molar-refractivity contribution in [3.8, 4) is 5.75 Å². The van der Waals surface area contributed by atoms with Gasteiger partial charge in [-0.25, -0.2) is 8.78 Å². The van der Waals surface area contributed by atoms with Crippen LogP contribution >= 0.6 is 0 Å². The normalized spacial score (nSPS) is 21.7. The molecule has 1 aliphatic rings. The van der Waals surface area contributed by atoms with E-state index in [9.17, 15) is 13.6 Å². The molecule has 0 aliphatic carbocycles. The van der Waals surface area contributed by atoms with Gasteiger partial charge in [0.1, 0.15) is 5.82 Å². The average Bonchev–Trinajstić information content (AvgIpc) is 2.44. The topological polar surface area (TPSA) is 41.6 Å². The maximum Gasteiger partial charge on any atom is 0.222 e. The van der Waals surface area contributed by atoms with Gasteiger partial charge in [-0.1, -0.05) is 0 Å². The first-order valence-electron chi connectivity index (χ1n) is 7.57. The summed E-state index contributed by atoms with van der Waals surface area (Å²) >= 11 is 0. The molecule has 4 nitrogen and oxygen atoms in total. The maximum atomic E-state index is 13.4. The summed E-state index contributed by atoms with van der Waals surface area (Å²) in [5.74, 6) is -1.26. The third kappa shape index (κ3) is 4.66. The van der Waals surface area contributed by atoms with Gasteiger partial charge in [0.05, 0.1) is 6.61 Å². The molecule has 1 saturated heterocycles. The summed E-state index contributed by atoms with van der Waals surface area (Å²) in [5.41, 5.74) is 0. The van der Waals surface area contributed by atoms with Crippen LogP contribution < -0.4 is 10.1 Å². The van der Waals surface area contributed by atoms with Crippen molar-refractivity contribution in [3.05, 3.63) is 29.8 Å². The lowest BCUT2D eigenvalue weighted by Gasteiger charge is -2.36. The molecule has 1 amide bonds. The summed E-state index contributed by atoms with van der Waals surface area (Å²) in [7, 11) is 0. The lowest BCUT2D eigenvalue weighted by molar-refractivity contribution is -0.133. The molecule has 0 saturated carbocycles. The van der Waals surface area contributed by atoms with Crippen LogP contribution in [0, 0.1) is 11.6 Å². The van der Waals surface area contributed by atoms with Crippen molar-refractivity contribution >= 4 is 5.91 Å². The number of nitrogens with zero attached hydrogens (tertiary/aromatic N) is 1. The van der Waals surface area contributed by atoms with Gasteiger partial charge >= 0.3 is 0 Å². The predicted molar refractivity (Wildman–Crippen MR) is 79.7 cm³/mol. The van der Waals surface area contributed by atoms with E-state index >= 15 is 0 Å². The Morgan fingerprint density at radius 3 is 2.64 bits per heavy atom. The van der Waals surface area contributed by atoms with E-state index in [-0.39, 0.29) is 30.3 Å². The van der Waals surface area contributed by atoms with E-state index in [0.717, 1.165) is 12.1 Å². The number of benzene rings is 1. The number of piperazine rings is 1. The maximum absolute atomic E-state index is 13.4. The lowest BCUT2D eigenvalue weighted by atomic mass is 10.1. The molecule has 1 aromatic carbocycles. The third-order valence-corrected chi connectivity index (χ3v) is 3.60. The van der Waals surface area contributed by atoms with Gasteiger partial charge in [-0.05, 0) is 32.4 Å². The van der Waals surface area contributed by atoms with Crippen molar-refractivity contribution in [1.29, 1.82) is 0 Å². The minimum absolute atomic E-state index is 0.0123. The predicted octanol–water partition coefficient (Wildman–Crippen LogP) is 2.33. The Labute approximate surface area is 129 Å². The Morgan fingerprint density at radius 2 is 2.00 bits per heavy atom. The van der Waals surface area contributed by atoms with E-state index in [2.05, 4.69) is 19.2 Å². The Morgan fingerprint density at radius 1 is 1.32 bits per heavy atom. The first kappa shape index (κ1) is 16.7. The number of carbonyl (C=O) groups is 1. The van der Waals surface area contributed by atoms with Gasteiger partial charge in [-0.2, -0.15) is 0 Å². The van der Waals surface area contributed by atoms with Crippen LogP contribution in [-0.4, -0.2) is 42.6 Å². The number of halogens is 2. The van der Waals surface area contributed by atoms with Crippen LogP contribution in [0.5, 0.6) is 5.75 Å². The van der Waals surface area contributed by atoms with Crippen LogP contribution in [0.2, 0.25) is 0 Å². The van der Waals surface area contributed by atoms with Crippen LogP contribution in [0.15, 0.2) is 18.2 Å². The number of rotatable bonds is 5. The SMILES string of the molecule is C[C@H]1CN(C(=O)CCCOc2ccc(F)cc2F)C[C@H](C)N1. The van der Waals surface area contributed by atoms with E-state index in [1.54, 1.807) is 0 Å². The van der Waals surface area contributed by atoms with Crippen LogP contribution in [-0.2, 0) is 4.79 Å². The number of carbonyl (C=O) groups excluding carboxylic acids is 1. The molecule has 0 spiro atoms. The molecule has 1 N–H and O–H groups in total. The molecule has 1 heterocycles. The smallest absolute Gasteiger partial charge is 0.222 e. The quantitative estimate of drug-likeness (QED) is 0.849. The first-order chi connectivity index (χ1) is 10.5. The van der Waals surface area contributed by atoms with Crippen molar-refractivity contribution in [2.45, 2.75) is 38.8 Å². The highest BCUT2D eigenvalue weighted by atomic mass is 19.1. The molecule has 122 valence electrons. The highest BCUT2D eigenvalue weighted by molar-refractivity contribution is 5.76. The van der Waals surface area contributed by atoms with E-state index in [1.165, 1.54) is 6.07 Å². The van der Waals surface area contributed by atoms with Crippen LogP contribution in [0.25, 0.3) is 0 Å². The fraction of sp³-hybridized carbons (Fsp3) is 0.562. The zero-order valence-electron chi connectivity index (χ0n) is 12.9. The summed E-state index contributed by atoms with van der Waals surface area (Å²) in [4.78, 5) is 14.0. The molecule has 0 bridgehead atoms. The van der Waals surface area contributed by atoms with Gasteiger partial charge in [0.2, 0.25) is 5.91 Å². The Hall–Kier alpha value is -1.69. The zero-order valence-corrected chi connectivity index (χ0v) is 12.9. The van der Waals surface area contributed by atoms with Gasteiger partial charge in [0.25, 0.3) is 0 Å². The van der Waals surface area contributed by atoms with E-state index in [1.807, 2.05) is 4.90 Å². The van der Waals surface area contributed by atoms with Gasteiger partial charge in [-0.3, -0.25) is 4.79 Å². The molecular weight excluding hydrogens is 290 g/mol.